The van der Waals surface area contributed by atoms with Crippen LogP contribution < -0.4 is 4.90 Å². The number of anilines is 1. The molecule has 2 aromatic carbocycles. The van der Waals surface area contributed by atoms with E-state index in [-0.39, 0.29) is 24.0 Å². The zero-order valence-corrected chi connectivity index (χ0v) is 13.6. The van der Waals surface area contributed by atoms with Crippen LogP contribution in [0.15, 0.2) is 65.7 Å². The van der Waals surface area contributed by atoms with Crippen LogP contribution in [0.2, 0.25) is 0 Å². The first-order valence-electron chi connectivity index (χ1n) is 7.72. The molecular formula is C20H17NO3. The molecule has 0 bridgehead atoms. The van der Waals surface area contributed by atoms with Gasteiger partial charge in [-0.3, -0.25) is 14.4 Å². The third-order valence-electron chi connectivity index (χ3n) is 4.25. The average molecular weight is 319 g/mol. The first kappa shape index (κ1) is 15.9. The highest BCUT2D eigenvalue weighted by Crippen LogP contribution is 2.28. The van der Waals surface area contributed by atoms with Gasteiger partial charge in [0.25, 0.3) is 0 Å². The molecule has 0 spiro atoms. The molecule has 120 valence electrons. The molecule has 0 fully saturated rings. The number of carbonyl (C=O) groups excluding carboxylic acids is 3. The van der Waals surface area contributed by atoms with E-state index >= 15 is 0 Å². The number of ketones is 2. The summed E-state index contributed by atoms with van der Waals surface area (Å²) in [6, 6.07) is 15.9. The maximum atomic E-state index is 12.8. The van der Waals surface area contributed by atoms with E-state index in [4.69, 9.17) is 0 Å². The number of Topliss-reactive ketones (excluding diaryl/α,β-unsaturated/α-hetero) is 2. The molecule has 0 heterocycles. The zero-order chi connectivity index (χ0) is 17.3. The lowest BCUT2D eigenvalue weighted by Gasteiger charge is -2.26. The second-order valence-corrected chi connectivity index (χ2v) is 5.75. The van der Waals surface area contributed by atoms with E-state index < -0.39 is 0 Å². The van der Waals surface area contributed by atoms with Gasteiger partial charge in [-0.1, -0.05) is 42.5 Å². The van der Waals surface area contributed by atoms with Gasteiger partial charge in [0.15, 0.2) is 11.6 Å². The predicted molar refractivity (Wildman–Crippen MR) is 92.3 cm³/mol. The molecule has 4 heteroatoms. The van der Waals surface area contributed by atoms with Crippen molar-refractivity contribution < 1.29 is 14.4 Å². The number of para-hydroxylation sites is 1. The molecule has 0 aromatic heterocycles. The van der Waals surface area contributed by atoms with E-state index in [1.165, 1.54) is 11.8 Å². The summed E-state index contributed by atoms with van der Waals surface area (Å²) in [6.45, 7) is 3.19. The van der Waals surface area contributed by atoms with E-state index in [1.807, 2.05) is 18.2 Å². The van der Waals surface area contributed by atoms with Crippen molar-refractivity contribution in [3.05, 3.63) is 76.9 Å². The fraction of sp³-hybridized carbons (Fsp3) is 0.150. The molecule has 0 unspecified atom stereocenters. The third-order valence-corrected chi connectivity index (χ3v) is 4.25. The van der Waals surface area contributed by atoms with Crippen LogP contribution in [0.1, 0.15) is 34.6 Å². The number of hydrogen-bond donors (Lipinski definition) is 0. The van der Waals surface area contributed by atoms with Gasteiger partial charge in [0.2, 0.25) is 5.91 Å². The Morgan fingerprint density at radius 2 is 1.42 bits per heavy atom. The molecule has 2 aromatic rings. The van der Waals surface area contributed by atoms with E-state index in [0.29, 0.717) is 28.0 Å². The standard InChI is InChI=1S/C20H17NO3/c1-13-18(12-21(14(2)22)15-8-4-3-5-9-15)20(24)17-11-7-6-10-16(17)19(13)23/h3-11H,12H2,1-2H3. The Balaban J connectivity index is 2.02. The maximum absolute atomic E-state index is 12.8. The molecule has 1 amide bonds. The van der Waals surface area contributed by atoms with Crippen molar-refractivity contribution in [2.45, 2.75) is 13.8 Å². The summed E-state index contributed by atoms with van der Waals surface area (Å²) in [7, 11) is 0. The van der Waals surface area contributed by atoms with Crippen LogP contribution in [0.3, 0.4) is 0 Å². The largest absolute Gasteiger partial charge is 0.308 e. The van der Waals surface area contributed by atoms with Gasteiger partial charge in [0.1, 0.15) is 0 Å². The smallest absolute Gasteiger partial charge is 0.224 e. The second-order valence-electron chi connectivity index (χ2n) is 5.75. The van der Waals surface area contributed by atoms with Crippen molar-refractivity contribution in [3.63, 3.8) is 0 Å². The van der Waals surface area contributed by atoms with Crippen LogP contribution in [-0.4, -0.2) is 24.0 Å². The van der Waals surface area contributed by atoms with Gasteiger partial charge in [-0.15, -0.1) is 0 Å². The Morgan fingerprint density at radius 1 is 0.875 bits per heavy atom. The quantitative estimate of drug-likeness (QED) is 0.871. The van der Waals surface area contributed by atoms with Crippen LogP contribution in [0, 0.1) is 0 Å². The lowest BCUT2D eigenvalue weighted by Crippen LogP contribution is -2.35. The summed E-state index contributed by atoms with van der Waals surface area (Å²) in [5, 5.41) is 0. The van der Waals surface area contributed by atoms with Gasteiger partial charge in [-0.2, -0.15) is 0 Å². The Bertz CT molecular complexity index is 865. The predicted octanol–water partition coefficient (Wildman–Crippen LogP) is 3.44. The molecule has 0 atom stereocenters. The summed E-state index contributed by atoms with van der Waals surface area (Å²) in [4.78, 5) is 38.9. The summed E-state index contributed by atoms with van der Waals surface area (Å²) >= 11 is 0. The van der Waals surface area contributed by atoms with Gasteiger partial charge >= 0.3 is 0 Å². The fourth-order valence-corrected chi connectivity index (χ4v) is 2.89. The van der Waals surface area contributed by atoms with Crippen LogP contribution >= 0.6 is 0 Å². The number of allylic oxidation sites excluding steroid dienone is 1. The van der Waals surface area contributed by atoms with Crippen LogP contribution in [-0.2, 0) is 4.79 Å². The second kappa shape index (κ2) is 6.24. The number of nitrogens with zero attached hydrogens (tertiary/aromatic N) is 1. The lowest BCUT2D eigenvalue weighted by molar-refractivity contribution is -0.116. The van der Waals surface area contributed by atoms with Gasteiger partial charge in [0.05, 0.1) is 6.54 Å². The van der Waals surface area contributed by atoms with Crippen molar-refractivity contribution in [1.82, 2.24) is 0 Å². The lowest BCUT2D eigenvalue weighted by atomic mass is 9.84. The monoisotopic (exact) mass is 319 g/mol. The molecule has 3 rings (SSSR count). The zero-order valence-electron chi connectivity index (χ0n) is 13.6. The molecule has 0 radical (unpaired) electrons. The van der Waals surface area contributed by atoms with Crippen molar-refractivity contribution in [1.29, 1.82) is 0 Å². The molecular weight excluding hydrogens is 302 g/mol. The van der Waals surface area contributed by atoms with Crippen LogP contribution in [0.25, 0.3) is 0 Å². The minimum absolute atomic E-state index is 0.0874. The van der Waals surface area contributed by atoms with Gasteiger partial charge < -0.3 is 4.90 Å². The summed E-state index contributed by atoms with van der Waals surface area (Å²) < 4.78 is 0. The van der Waals surface area contributed by atoms with Crippen molar-refractivity contribution in [2.75, 3.05) is 11.4 Å². The minimum Gasteiger partial charge on any atom is -0.308 e. The molecule has 4 nitrogen and oxygen atoms in total. The first-order valence-corrected chi connectivity index (χ1v) is 7.72. The molecule has 1 aliphatic rings. The highest BCUT2D eigenvalue weighted by molar-refractivity contribution is 6.27. The molecule has 0 saturated heterocycles. The number of rotatable bonds is 3. The van der Waals surface area contributed by atoms with E-state index in [2.05, 4.69) is 0 Å². The summed E-state index contributed by atoms with van der Waals surface area (Å²) in [5.74, 6) is -0.526. The SMILES string of the molecule is CC(=O)N(CC1=C(C)C(=O)c2ccccc2C1=O)c1ccccc1. The molecule has 0 N–H and O–H groups in total. The van der Waals surface area contributed by atoms with Crippen LogP contribution in [0.4, 0.5) is 5.69 Å². The molecule has 0 aliphatic heterocycles. The first-order chi connectivity index (χ1) is 11.5. The van der Waals surface area contributed by atoms with Crippen molar-refractivity contribution >= 4 is 23.2 Å². The van der Waals surface area contributed by atoms with Gasteiger partial charge in [0, 0.05) is 34.9 Å². The Morgan fingerprint density at radius 3 is 2.00 bits per heavy atom. The highest BCUT2D eigenvalue weighted by Gasteiger charge is 2.31. The molecule has 1 aliphatic carbocycles. The van der Waals surface area contributed by atoms with Gasteiger partial charge in [-0.25, -0.2) is 0 Å². The van der Waals surface area contributed by atoms with E-state index in [9.17, 15) is 14.4 Å². The van der Waals surface area contributed by atoms with Crippen molar-refractivity contribution in [2.24, 2.45) is 0 Å². The topological polar surface area (TPSA) is 54.5 Å². The summed E-state index contributed by atoms with van der Waals surface area (Å²) in [6.07, 6.45) is 0. The van der Waals surface area contributed by atoms with Crippen molar-refractivity contribution in [3.8, 4) is 0 Å². The number of carbonyl (C=O) groups is 3. The number of fused-ring (bicyclic) bond motifs is 1. The fourth-order valence-electron chi connectivity index (χ4n) is 2.89. The van der Waals surface area contributed by atoms with E-state index in [1.54, 1.807) is 43.3 Å². The maximum Gasteiger partial charge on any atom is 0.224 e. The third kappa shape index (κ3) is 2.67. The normalized spacial score (nSPS) is 13.8. The van der Waals surface area contributed by atoms with Gasteiger partial charge in [-0.05, 0) is 19.1 Å². The summed E-state index contributed by atoms with van der Waals surface area (Å²) in [5.41, 5.74) is 2.31. The number of amides is 1. The number of hydrogen-bond acceptors (Lipinski definition) is 3. The molecule has 0 saturated carbocycles. The Labute approximate surface area is 140 Å². The Kier molecular flexibility index (Phi) is 4.13. The average Bonchev–Trinajstić information content (AvgIpc) is 2.60. The minimum atomic E-state index is -0.190. The van der Waals surface area contributed by atoms with Crippen LogP contribution in [0.5, 0.6) is 0 Å². The number of benzene rings is 2. The highest BCUT2D eigenvalue weighted by atomic mass is 16.2. The Hall–Kier alpha value is -3.01. The molecule has 24 heavy (non-hydrogen) atoms. The van der Waals surface area contributed by atoms with E-state index in [0.717, 1.165) is 0 Å².